The van der Waals surface area contributed by atoms with Crippen LogP contribution in [0.1, 0.15) is 17.2 Å². The predicted octanol–water partition coefficient (Wildman–Crippen LogP) is 2.31. The average Bonchev–Trinajstić information content (AvgIpc) is 3.34. The van der Waals surface area contributed by atoms with Gasteiger partial charge < -0.3 is 24.4 Å². The largest absolute Gasteiger partial charge is 0.507 e. The van der Waals surface area contributed by atoms with E-state index in [4.69, 9.17) is 9.47 Å². The van der Waals surface area contributed by atoms with Gasteiger partial charge in [-0.15, -0.1) is 0 Å². The number of nitro benzene ring substituents is 1. The highest BCUT2D eigenvalue weighted by molar-refractivity contribution is 6.46. The molecule has 0 bridgehead atoms. The third-order valence-electron chi connectivity index (χ3n) is 5.39. The van der Waals surface area contributed by atoms with Crippen LogP contribution in [0.5, 0.6) is 11.5 Å². The molecule has 1 amide bonds. The molecule has 10 heteroatoms. The molecular weight excluding hydrogens is 418 g/mol. The lowest BCUT2D eigenvalue weighted by atomic mass is 9.95. The van der Waals surface area contributed by atoms with Gasteiger partial charge in [0.1, 0.15) is 5.76 Å². The first-order valence-electron chi connectivity index (χ1n) is 9.85. The summed E-state index contributed by atoms with van der Waals surface area (Å²) in [6.07, 6.45) is 0. The van der Waals surface area contributed by atoms with Gasteiger partial charge in [0, 0.05) is 30.8 Å². The van der Waals surface area contributed by atoms with Gasteiger partial charge in [-0.3, -0.25) is 19.7 Å². The second kappa shape index (κ2) is 8.31. The molecular formula is C22H21N3O7. The Hall–Kier alpha value is -3.92. The number of ketones is 1. The third kappa shape index (κ3) is 3.76. The number of carbonyl (C=O) groups is 2. The van der Waals surface area contributed by atoms with Crippen molar-refractivity contribution in [2.75, 3.05) is 34.0 Å². The van der Waals surface area contributed by atoms with E-state index in [1.165, 1.54) is 35.2 Å². The van der Waals surface area contributed by atoms with Crippen molar-refractivity contribution in [1.29, 1.82) is 0 Å². The van der Waals surface area contributed by atoms with E-state index in [0.29, 0.717) is 29.2 Å². The lowest BCUT2D eigenvalue weighted by molar-refractivity contribution is -0.384. The molecule has 166 valence electrons. The highest BCUT2D eigenvalue weighted by Crippen LogP contribution is 2.41. The predicted molar refractivity (Wildman–Crippen MR) is 113 cm³/mol. The van der Waals surface area contributed by atoms with Crippen LogP contribution in [-0.2, 0) is 9.59 Å². The number of hydrogen-bond acceptors (Lipinski definition) is 8. The zero-order valence-corrected chi connectivity index (χ0v) is 17.5. The van der Waals surface area contributed by atoms with Crippen molar-refractivity contribution < 1.29 is 29.1 Å². The Morgan fingerprint density at radius 3 is 2.50 bits per heavy atom. The molecule has 0 aromatic heterocycles. The van der Waals surface area contributed by atoms with Crippen LogP contribution < -0.4 is 9.47 Å². The minimum Gasteiger partial charge on any atom is -0.507 e. The highest BCUT2D eigenvalue weighted by Gasteiger charge is 2.46. The number of likely N-dealkylation sites (tertiary alicyclic amines) is 1. The molecule has 4 rings (SSSR count). The van der Waals surface area contributed by atoms with Crippen molar-refractivity contribution in [3.05, 3.63) is 69.3 Å². The molecule has 1 fully saturated rings. The molecule has 0 radical (unpaired) electrons. The number of benzene rings is 2. The number of Topliss-reactive ketones (excluding diaryl/α,β-unsaturated/α-hetero) is 1. The van der Waals surface area contributed by atoms with Gasteiger partial charge in [-0.1, -0.05) is 0 Å². The van der Waals surface area contributed by atoms with Gasteiger partial charge in [-0.05, 0) is 50.0 Å². The number of carbonyl (C=O) groups excluding carboxylic acids is 2. The fourth-order valence-corrected chi connectivity index (χ4v) is 3.74. The van der Waals surface area contributed by atoms with Crippen LogP contribution in [-0.4, -0.2) is 65.5 Å². The Bertz CT molecular complexity index is 1120. The molecule has 2 aromatic rings. The Balaban J connectivity index is 1.82. The molecule has 1 unspecified atom stereocenters. The first-order valence-corrected chi connectivity index (χ1v) is 9.85. The Kier molecular flexibility index (Phi) is 5.54. The number of rotatable bonds is 6. The van der Waals surface area contributed by atoms with Crippen molar-refractivity contribution in [2.45, 2.75) is 6.04 Å². The minimum atomic E-state index is -0.888. The van der Waals surface area contributed by atoms with Gasteiger partial charge >= 0.3 is 0 Å². The minimum absolute atomic E-state index is 0.0528. The van der Waals surface area contributed by atoms with Crippen molar-refractivity contribution in [3.63, 3.8) is 0 Å². The molecule has 10 nitrogen and oxygen atoms in total. The van der Waals surface area contributed by atoms with Gasteiger partial charge in [0.2, 0.25) is 6.79 Å². The zero-order chi connectivity index (χ0) is 23.0. The normalized spacial score (nSPS) is 19.1. The second-order valence-electron chi connectivity index (χ2n) is 7.71. The number of aliphatic hydroxyl groups is 1. The summed E-state index contributed by atoms with van der Waals surface area (Å²) < 4.78 is 10.6. The summed E-state index contributed by atoms with van der Waals surface area (Å²) in [5, 5.41) is 22.1. The Labute approximate surface area is 183 Å². The van der Waals surface area contributed by atoms with Crippen LogP contribution in [0.25, 0.3) is 5.76 Å². The first kappa shape index (κ1) is 21.3. The van der Waals surface area contributed by atoms with E-state index >= 15 is 0 Å². The summed E-state index contributed by atoms with van der Waals surface area (Å²) in [5.41, 5.74) is 0.582. The maximum Gasteiger partial charge on any atom is 0.295 e. The smallest absolute Gasteiger partial charge is 0.295 e. The van der Waals surface area contributed by atoms with Crippen LogP contribution in [0.2, 0.25) is 0 Å². The average molecular weight is 439 g/mol. The SMILES string of the molecule is CN(C)CCN1C(=O)C(=O)C(=C(O)c2ccc3c(c2)OCO3)C1c1ccc([N+](=O)[O-])cc1. The van der Waals surface area contributed by atoms with Crippen LogP contribution in [0.15, 0.2) is 48.0 Å². The molecule has 1 atom stereocenters. The Morgan fingerprint density at radius 2 is 1.84 bits per heavy atom. The van der Waals surface area contributed by atoms with E-state index < -0.39 is 22.7 Å². The lowest BCUT2D eigenvalue weighted by Crippen LogP contribution is -2.35. The number of likely N-dealkylation sites (N-methyl/N-ethyl adjacent to an activating group) is 1. The first-order chi connectivity index (χ1) is 15.3. The number of aliphatic hydroxyl groups excluding tert-OH is 1. The maximum atomic E-state index is 13.0. The van der Waals surface area contributed by atoms with Gasteiger partial charge in [0.05, 0.1) is 16.5 Å². The second-order valence-corrected chi connectivity index (χ2v) is 7.71. The van der Waals surface area contributed by atoms with Gasteiger partial charge in [-0.25, -0.2) is 0 Å². The number of nitro groups is 1. The van der Waals surface area contributed by atoms with E-state index in [2.05, 4.69) is 0 Å². The topological polar surface area (TPSA) is 122 Å². The van der Waals surface area contributed by atoms with E-state index in [-0.39, 0.29) is 30.4 Å². The van der Waals surface area contributed by atoms with Gasteiger partial charge in [0.25, 0.3) is 17.4 Å². The summed E-state index contributed by atoms with van der Waals surface area (Å²) in [6.45, 7) is 0.773. The number of hydrogen-bond donors (Lipinski definition) is 1. The van der Waals surface area contributed by atoms with Crippen LogP contribution in [0, 0.1) is 10.1 Å². The molecule has 0 saturated carbocycles. The number of amides is 1. The van der Waals surface area contributed by atoms with E-state index in [0.717, 1.165) is 0 Å². The molecule has 32 heavy (non-hydrogen) atoms. The molecule has 1 N–H and O–H groups in total. The van der Waals surface area contributed by atoms with Gasteiger partial charge in [0.15, 0.2) is 11.5 Å². The summed E-state index contributed by atoms with van der Waals surface area (Å²) in [6, 6.07) is 9.43. The molecule has 1 saturated heterocycles. The summed E-state index contributed by atoms with van der Waals surface area (Å²) in [5.74, 6) is -0.972. The molecule has 2 heterocycles. The van der Waals surface area contributed by atoms with Crippen LogP contribution in [0.4, 0.5) is 5.69 Å². The van der Waals surface area contributed by atoms with E-state index in [1.54, 1.807) is 12.1 Å². The maximum absolute atomic E-state index is 13.0. The summed E-state index contributed by atoms with van der Waals surface area (Å²) in [7, 11) is 3.67. The standard InChI is InChI=1S/C22H21N3O7/c1-23(2)9-10-24-19(13-3-6-15(7-4-13)25(29)30)18(21(27)22(24)28)20(26)14-5-8-16-17(11-14)32-12-31-16/h3-8,11,19,26H,9-10,12H2,1-2H3. The van der Waals surface area contributed by atoms with Crippen LogP contribution in [0.3, 0.4) is 0 Å². The fraction of sp³-hybridized carbons (Fsp3) is 0.273. The number of non-ortho nitro benzene ring substituents is 1. The summed E-state index contributed by atoms with van der Waals surface area (Å²) in [4.78, 5) is 39.6. The molecule has 2 aliphatic rings. The highest BCUT2D eigenvalue weighted by atomic mass is 16.7. The number of fused-ring (bicyclic) bond motifs is 1. The molecule has 2 aliphatic heterocycles. The van der Waals surface area contributed by atoms with Crippen molar-refractivity contribution in [2.24, 2.45) is 0 Å². The van der Waals surface area contributed by atoms with Gasteiger partial charge in [-0.2, -0.15) is 0 Å². The summed E-state index contributed by atoms with van der Waals surface area (Å²) >= 11 is 0. The molecule has 2 aromatic carbocycles. The lowest BCUT2D eigenvalue weighted by Gasteiger charge is -2.26. The van der Waals surface area contributed by atoms with Crippen molar-refractivity contribution in [3.8, 4) is 11.5 Å². The number of ether oxygens (including phenoxy) is 2. The monoisotopic (exact) mass is 439 g/mol. The molecule has 0 aliphatic carbocycles. The quantitative estimate of drug-likeness (QED) is 0.239. The van der Waals surface area contributed by atoms with E-state index in [1.807, 2.05) is 19.0 Å². The fourth-order valence-electron chi connectivity index (χ4n) is 3.74. The van der Waals surface area contributed by atoms with Crippen molar-refractivity contribution >= 4 is 23.1 Å². The van der Waals surface area contributed by atoms with Crippen molar-refractivity contribution in [1.82, 2.24) is 9.80 Å². The van der Waals surface area contributed by atoms with E-state index in [9.17, 15) is 24.8 Å². The third-order valence-corrected chi connectivity index (χ3v) is 5.39. The zero-order valence-electron chi connectivity index (χ0n) is 17.5. The Morgan fingerprint density at radius 1 is 1.16 bits per heavy atom. The van der Waals surface area contributed by atoms with Crippen LogP contribution >= 0.6 is 0 Å². The molecule has 0 spiro atoms. The number of nitrogens with zero attached hydrogens (tertiary/aromatic N) is 3.